The van der Waals surface area contributed by atoms with Crippen LogP contribution in [-0.4, -0.2) is 43.1 Å². The monoisotopic (exact) mass is 446 g/mol. The average molecular weight is 447 g/mol. The number of rotatable bonds is 4. The Morgan fingerprint density at radius 3 is 2.47 bits per heavy atom. The van der Waals surface area contributed by atoms with Crippen molar-refractivity contribution >= 4 is 39.1 Å². The predicted molar refractivity (Wildman–Crippen MR) is 126 cm³/mol. The van der Waals surface area contributed by atoms with Crippen LogP contribution in [0.1, 0.15) is 20.0 Å². The summed E-state index contributed by atoms with van der Waals surface area (Å²) < 4.78 is 5.49. The van der Waals surface area contributed by atoms with Crippen molar-refractivity contribution in [2.45, 2.75) is 0 Å². The molecule has 7 nitrogen and oxygen atoms in total. The number of nitrogens with zero attached hydrogens (tertiary/aromatic N) is 1. The Kier molecular flexibility index (Phi) is 5.62. The number of carbonyl (C=O) groups is 2. The van der Waals surface area contributed by atoms with Crippen LogP contribution in [0.3, 0.4) is 0 Å². The topological polar surface area (TPSA) is 86.5 Å². The number of aromatic amines is 1. The van der Waals surface area contributed by atoms with Gasteiger partial charge in [-0.3, -0.25) is 20.4 Å². The largest absolute Gasteiger partial charge is 0.378 e. The van der Waals surface area contributed by atoms with Gasteiger partial charge in [-0.1, -0.05) is 48.5 Å². The first kappa shape index (κ1) is 20.3. The summed E-state index contributed by atoms with van der Waals surface area (Å²) >= 11 is 1.42. The fourth-order valence-corrected chi connectivity index (χ4v) is 4.95. The number of anilines is 1. The third kappa shape index (κ3) is 3.98. The molecule has 1 saturated heterocycles. The molecule has 162 valence electrons. The summed E-state index contributed by atoms with van der Waals surface area (Å²) in [6.07, 6.45) is 1.64. The molecule has 3 heterocycles. The zero-order valence-corrected chi connectivity index (χ0v) is 18.1. The summed E-state index contributed by atoms with van der Waals surface area (Å²) in [5, 5.41) is 1.84. The number of hydrazine groups is 1. The first-order chi connectivity index (χ1) is 15.7. The van der Waals surface area contributed by atoms with E-state index in [9.17, 15) is 9.59 Å². The number of hydrogen-bond donors (Lipinski definition) is 3. The van der Waals surface area contributed by atoms with Crippen LogP contribution in [0.15, 0.2) is 66.9 Å². The molecular weight excluding hydrogens is 424 g/mol. The predicted octanol–water partition coefficient (Wildman–Crippen LogP) is 3.81. The SMILES string of the molecule is O=C(NNC(=O)c1c[nH]c2ccccc12)c1cc(-c2ccccc2)c(N2CCOCC2)s1. The van der Waals surface area contributed by atoms with E-state index < -0.39 is 0 Å². The Morgan fingerprint density at radius 1 is 0.938 bits per heavy atom. The molecule has 4 aromatic rings. The second-order valence-electron chi connectivity index (χ2n) is 7.45. The number of thiophene rings is 1. The highest BCUT2D eigenvalue weighted by Crippen LogP contribution is 2.39. The lowest BCUT2D eigenvalue weighted by molar-refractivity contribution is 0.0850. The number of amides is 2. The van der Waals surface area contributed by atoms with Gasteiger partial charge in [0.05, 0.1) is 28.7 Å². The van der Waals surface area contributed by atoms with Gasteiger partial charge in [0.2, 0.25) is 0 Å². The van der Waals surface area contributed by atoms with Gasteiger partial charge >= 0.3 is 0 Å². The van der Waals surface area contributed by atoms with Gasteiger partial charge in [-0.25, -0.2) is 0 Å². The van der Waals surface area contributed by atoms with Crippen molar-refractivity contribution in [3.05, 3.63) is 77.3 Å². The van der Waals surface area contributed by atoms with E-state index in [1.54, 1.807) is 6.20 Å². The number of para-hydroxylation sites is 1. The van der Waals surface area contributed by atoms with Crippen molar-refractivity contribution < 1.29 is 14.3 Å². The van der Waals surface area contributed by atoms with E-state index in [-0.39, 0.29) is 11.8 Å². The lowest BCUT2D eigenvalue weighted by Crippen LogP contribution is -2.41. The van der Waals surface area contributed by atoms with Crippen molar-refractivity contribution in [1.29, 1.82) is 0 Å². The molecule has 32 heavy (non-hydrogen) atoms. The van der Waals surface area contributed by atoms with Gasteiger partial charge in [-0.05, 0) is 17.7 Å². The van der Waals surface area contributed by atoms with Gasteiger partial charge in [0, 0.05) is 35.8 Å². The van der Waals surface area contributed by atoms with Crippen LogP contribution < -0.4 is 15.8 Å². The molecule has 0 saturated carbocycles. The summed E-state index contributed by atoms with van der Waals surface area (Å²) in [5.74, 6) is -0.719. The van der Waals surface area contributed by atoms with Crippen LogP contribution in [-0.2, 0) is 4.74 Å². The zero-order chi connectivity index (χ0) is 21.9. The molecule has 0 unspecified atom stereocenters. The van der Waals surface area contributed by atoms with E-state index >= 15 is 0 Å². The highest BCUT2D eigenvalue weighted by molar-refractivity contribution is 7.18. The lowest BCUT2D eigenvalue weighted by Gasteiger charge is -2.28. The Morgan fingerprint density at radius 2 is 1.66 bits per heavy atom. The number of carbonyl (C=O) groups excluding carboxylic acids is 2. The van der Waals surface area contributed by atoms with Gasteiger partial charge in [-0.2, -0.15) is 0 Å². The van der Waals surface area contributed by atoms with E-state index in [2.05, 4.69) is 20.7 Å². The molecule has 3 N–H and O–H groups in total. The van der Waals surface area contributed by atoms with E-state index in [0.29, 0.717) is 23.7 Å². The highest BCUT2D eigenvalue weighted by atomic mass is 32.1. The third-order valence-electron chi connectivity index (χ3n) is 5.44. The average Bonchev–Trinajstić information content (AvgIpc) is 3.49. The van der Waals surface area contributed by atoms with Crippen LogP contribution in [0.25, 0.3) is 22.0 Å². The maximum Gasteiger partial charge on any atom is 0.279 e. The minimum absolute atomic E-state index is 0.347. The molecule has 0 atom stereocenters. The number of aromatic nitrogens is 1. The molecule has 2 amide bonds. The number of benzene rings is 2. The summed E-state index contributed by atoms with van der Waals surface area (Å²) in [4.78, 5) is 31.4. The highest BCUT2D eigenvalue weighted by Gasteiger charge is 2.22. The van der Waals surface area contributed by atoms with Crippen molar-refractivity contribution in [3.63, 3.8) is 0 Å². The Balaban J connectivity index is 1.36. The maximum absolute atomic E-state index is 12.9. The molecule has 2 aromatic carbocycles. The van der Waals surface area contributed by atoms with Crippen LogP contribution in [0.4, 0.5) is 5.00 Å². The quantitative estimate of drug-likeness (QED) is 0.416. The Hall–Kier alpha value is -3.62. The smallest absolute Gasteiger partial charge is 0.279 e. The van der Waals surface area contributed by atoms with Gasteiger partial charge in [-0.15, -0.1) is 11.3 Å². The summed E-state index contributed by atoms with van der Waals surface area (Å²) in [5.41, 5.74) is 8.50. The van der Waals surface area contributed by atoms with Gasteiger partial charge < -0.3 is 14.6 Å². The van der Waals surface area contributed by atoms with E-state index in [0.717, 1.165) is 40.1 Å². The first-order valence-electron chi connectivity index (χ1n) is 10.4. The molecule has 2 aromatic heterocycles. The summed E-state index contributed by atoms with van der Waals surface area (Å²) in [6, 6.07) is 19.4. The molecule has 5 rings (SSSR count). The number of hydrogen-bond acceptors (Lipinski definition) is 5. The molecule has 1 aliphatic rings. The molecular formula is C24H22N4O3S. The summed E-state index contributed by atoms with van der Waals surface area (Å²) in [7, 11) is 0. The number of morpholine rings is 1. The fourth-order valence-electron chi connectivity index (χ4n) is 3.82. The summed E-state index contributed by atoms with van der Waals surface area (Å²) in [6.45, 7) is 2.88. The van der Waals surface area contributed by atoms with Crippen molar-refractivity contribution in [1.82, 2.24) is 15.8 Å². The van der Waals surface area contributed by atoms with Gasteiger partial charge in [0.25, 0.3) is 11.8 Å². The van der Waals surface area contributed by atoms with Crippen LogP contribution in [0.2, 0.25) is 0 Å². The van der Waals surface area contributed by atoms with E-state index in [1.165, 1.54) is 11.3 Å². The fraction of sp³-hybridized carbons (Fsp3) is 0.167. The van der Waals surface area contributed by atoms with Crippen LogP contribution in [0.5, 0.6) is 0 Å². The minimum Gasteiger partial charge on any atom is -0.378 e. The van der Waals surface area contributed by atoms with Crippen molar-refractivity contribution in [3.8, 4) is 11.1 Å². The second kappa shape index (κ2) is 8.86. The van der Waals surface area contributed by atoms with E-state index in [4.69, 9.17) is 4.74 Å². The molecule has 0 bridgehead atoms. The normalized spacial score (nSPS) is 13.8. The molecule has 1 fully saturated rings. The minimum atomic E-state index is -0.371. The van der Waals surface area contributed by atoms with Crippen LogP contribution >= 0.6 is 11.3 Å². The second-order valence-corrected chi connectivity index (χ2v) is 8.48. The molecule has 0 spiro atoms. The maximum atomic E-state index is 12.9. The van der Waals surface area contributed by atoms with E-state index in [1.807, 2.05) is 60.7 Å². The molecule has 1 aliphatic heterocycles. The van der Waals surface area contributed by atoms with Crippen LogP contribution in [0, 0.1) is 0 Å². The number of nitrogens with one attached hydrogen (secondary N) is 3. The van der Waals surface area contributed by atoms with Crippen molar-refractivity contribution in [2.24, 2.45) is 0 Å². The third-order valence-corrected chi connectivity index (χ3v) is 6.64. The zero-order valence-electron chi connectivity index (χ0n) is 17.3. The lowest BCUT2D eigenvalue weighted by atomic mass is 10.1. The van der Waals surface area contributed by atoms with Gasteiger partial charge in [0.15, 0.2) is 0 Å². The molecule has 8 heteroatoms. The number of fused-ring (bicyclic) bond motifs is 1. The molecule has 0 aliphatic carbocycles. The number of H-pyrrole nitrogens is 1. The molecule has 0 radical (unpaired) electrons. The number of ether oxygens (including phenoxy) is 1. The first-order valence-corrected chi connectivity index (χ1v) is 11.2. The van der Waals surface area contributed by atoms with Crippen molar-refractivity contribution in [2.75, 3.05) is 31.2 Å². The standard InChI is InChI=1S/C24H22N4O3S/c29-22(19-15-25-20-9-5-4-8-17(19)20)26-27-23(30)21-14-18(16-6-2-1-3-7-16)24(32-21)28-10-12-31-13-11-28/h1-9,14-15,25H,10-13H2,(H,26,29)(H,27,30). The Bertz CT molecular complexity index is 1260. The Labute approximate surface area is 189 Å². The van der Waals surface area contributed by atoms with Gasteiger partial charge in [0.1, 0.15) is 0 Å².